The average molecular weight is 282 g/mol. The van der Waals surface area contributed by atoms with Crippen LogP contribution in [0, 0.1) is 0 Å². The Balaban J connectivity index is 1.98. The second kappa shape index (κ2) is 4.87. The van der Waals surface area contributed by atoms with Gasteiger partial charge in [0.05, 0.1) is 0 Å². The first-order chi connectivity index (χ1) is 7.63. The van der Waals surface area contributed by atoms with Gasteiger partial charge in [-0.1, -0.05) is 0 Å². The molecule has 2 rings (SSSR count). The lowest BCUT2D eigenvalue weighted by Gasteiger charge is -2.33. The van der Waals surface area contributed by atoms with Gasteiger partial charge in [0.15, 0.2) is 5.13 Å². The predicted molar refractivity (Wildman–Crippen MR) is 65.5 cm³/mol. The molecule has 0 radical (unpaired) electrons. The Morgan fingerprint density at radius 3 is 2.56 bits per heavy atom. The Morgan fingerprint density at radius 1 is 1.38 bits per heavy atom. The number of halogens is 1. The number of thiazole rings is 1. The zero-order valence-corrected chi connectivity index (χ0v) is 10.9. The van der Waals surface area contributed by atoms with E-state index in [9.17, 15) is 8.42 Å². The SMILES string of the molecule is O=S(=O)(CCl)N1CCN(c2nccs2)CC1. The van der Waals surface area contributed by atoms with Crippen LogP contribution in [0.15, 0.2) is 11.6 Å². The van der Waals surface area contributed by atoms with E-state index in [2.05, 4.69) is 9.88 Å². The highest BCUT2D eigenvalue weighted by Gasteiger charge is 2.26. The first kappa shape index (κ1) is 12.1. The lowest BCUT2D eigenvalue weighted by atomic mass is 10.4. The molecule has 8 heteroatoms. The Hall–Kier alpha value is -0.370. The third-order valence-corrected chi connectivity index (χ3v) is 5.55. The largest absolute Gasteiger partial charge is 0.345 e. The molecule has 0 unspecified atom stereocenters. The summed E-state index contributed by atoms with van der Waals surface area (Å²) < 4.78 is 24.5. The van der Waals surface area contributed by atoms with E-state index in [0.29, 0.717) is 26.2 Å². The van der Waals surface area contributed by atoms with Crippen molar-refractivity contribution in [3.05, 3.63) is 11.6 Å². The molecule has 1 aromatic heterocycles. The lowest BCUT2D eigenvalue weighted by molar-refractivity contribution is 0.387. The number of hydrogen-bond acceptors (Lipinski definition) is 5. The fourth-order valence-corrected chi connectivity index (χ4v) is 3.57. The molecular weight excluding hydrogens is 270 g/mol. The van der Waals surface area contributed by atoms with Gasteiger partial charge in [-0.3, -0.25) is 0 Å². The van der Waals surface area contributed by atoms with Gasteiger partial charge in [-0.05, 0) is 0 Å². The molecule has 16 heavy (non-hydrogen) atoms. The molecule has 1 aliphatic rings. The number of rotatable bonds is 3. The summed E-state index contributed by atoms with van der Waals surface area (Å²) >= 11 is 6.97. The van der Waals surface area contributed by atoms with Crippen molar-refractivity contribution in [1.82, 2.24) is 9.29 Å². The molecule has 0 saturated carbocycles. The third kappa shape index (κ3) is 2.48. The van der Waals surface area contributed by atoms with Crippen LogP contribution in [0.1, 0.15) is 0 Å². The van der Waals surface area contributed by atoms with E-state index in [0.717, 1.165) is 5.13 Å². The minimum atomic E-state index is -3.26. The van der Waals surface area contributed by atoms with Gasteiger partial charge in [0.1, 0.15) is 5.21 Å². The highest BCUT2D eigenvalue weighted by molar-refractivity contribution is 7.90. The highest BCUT2D eigenvalue weighted by Crippen LogP contribution is 2.19. The van der Waals surface area contributed by atoms with Crippen molar-refractivity contribution in [2.75, 3.05) is 36.3 Å². The zero-order chi connectivity index (χ0) is 11.6. The molecule has 2 heterocycles. The number of sulfonamides is 1. The van der Waals surface area contributed by atoms with E-state index in [1.165, 1.54) is 4.31 Å². The number of hydrogen-bond donors (Lipinski definition) is 0. The summed E-state index contributed by atoms with van der Waals surface area (Å²) in [6, 6.07) is 0. The van der Waals surface area contributed by atoms with Crippen LogP contribution in [0.3, 0.4) is 0 Å². The minimum absolute atomic E-state index is 0.343. The molecule has 0 aromatic carbocycles. The van der Waals surface area contributed by atoms with Gasteiger partial charge in [-0.25, -0.2) is 13.4 Å². The summed E-state index contributed by atoms with van der Waals surface area (Å²) in [4.78, 5) is 6.29. The summed E-state index contributed by atoms with van der Waals surface area (Å²) in [5, 5.41) is 2.52. The van der Waals surface area contributed by atoms with Gasteiger partial charge >= 0.3 is 0 Å². The summed E-state index contributed by atoms with van der Waals surface area (Å²) in [6.45, 7) is 2.30. The number of nitrogens with zero attached hydrogens (tertiary/aromatic N) is 3. The Kier molecular flexibility index (Phi) is 3.68. The fraction of sp³-hybridized carbons (Fsp3) is 0.625. The van der Waals surface area contributed by atoms with E-state index in [-0.39, 0.29) is 5.21 Å². The molecule has 0 bridgehead atoms. The topological polar surface area (TPSA) is 53.5 Å². The van der Waals surface area contributed by atoms with Crippen molar-refractivity contribution < 1.29 is 8.42 Å². The molecule has 0 N–H and O–H groups in total. The average Bonchev–Trinajstić information content (AvgIpc) is 2.83. The molecule has 0 spiro atoms. The molecule has 0 atom stereocenters. The van der Waals surface area contributed by atoms with E-state index >= 15 is 0 Å². The van der Waals surface area contributed by atoms with Gasteiger partial charge in [-0.15, -0.1) is 22.9 Å². The van der Waals surface area contributed by atoms with E-state index in [4.69, 9.17) is 11.6 Å². The van der Waals surface area contributed by atoms with Crippen molar-refractivity contribution in [3.63, 3.8) is 0 Å². The Morgan fingerprint density at radius 2 is 2.06 bits per heavy atom. The summed E-state index contributed by atoms with van der Waals surface area (Å²) in [5.74, 6) is 0. The molecule has 5 nitrogen and oxygen atoms in total. The number of piperazine rings is 1. The van der Waals surface area contributed by atoms with Gasteiger partial charge in [0.25, 0.3) is 0 Å². The molecule has 90 valence electrons. The maximum atomic E-state index is 11.5. The predicted octanol–water partition coefficient (Wildman–Crippen LogP) is 0.791. The maximum absolute atomic E-state index is 11.5. The lowest BCUT2D eigenvalue weighted by Crippen LogP contribution is -2.48. The van der Waals surface area contributed by atoms with Gasteiger partial charge in [0.2, 0.25) is 10.0 Å². The van der Waals surface area contributed by atoms with Gasteiger partial charge in [0, 0.05) is 37.8 Å². The van der Waals surface area contributed by atoms with Crippen LogP contribution in [0.2, 0.25) is 0 Å². The molecule has 1 aliphatic heterocycles. The monoisotopic (exact) mass is 281 g/mol. The van der Waals surface area contributed by atoms with Crippen molar-refractivity contribution in [3.8, 4) is 0 Å². The minimum Gasteiger partial charge on any atom is -0.345 e. The van der Waals surface area contributed by atoms with Crippen LogP contribution in [-0.4, -0.2) is 49.1 Å². The smallest absolute Gasteiger partial charge is 0.228 e. The number of anilines is 1. The van der Waals surface area contributed by atoms with Crippen molar-refractivity contribution >= 4 is 38.1 Å². The summed E-state index contributed by atoms with van der Waals surface area (Å²) in [6.07, 6.45) is 1.75. The maximum Gasteiger partial charge on any atom is 0.228 e. The molecular formula is C8H12ClN3O2S2. The van der Waals surface area contributed by atoms with Crippen LogP contribution in [0.4, 0.5) is 5.13 Å². The van der Waals surface area contributed by atoms with Crippen LogP contribution in [-0.2, 0) is 10.0 Å². The van der Waals surface area contributed by atoms with Crippen molar-refractivity contribution in [2.24, 2.45) is 0 Å². The highest BCUT2D eigenvalue weighted by atomic mass is 35.5. The third-order valence-electron chi connectivity index (χ3n) is 2.46. The van der Waals surface area contributed by atoms with Crippen molar-refractivity contribution in [2.45, 2.75) is 0 Å². The first-order valence-electron chi connectivity index (χ1n) is 4.82. The summed E-state index contributed by atoms with van der Waals surface area (Å²) in [5.41, 5.74) is 0. The van der Waals surface area contributed by atoms with Crippen molar-refractivity contribution in [1.29, 1.82) is 0 Å². The molecule has 1 aromatic rings. The van der Waals surface area contributed by atoms with E-state index in [1.54, 1.807) is 17.5 Å². The molecule has 0 aliphatic carbocycles. The normalized spacial score (nSPS) is 18.9. The second-order valence-electron chi connectivity index (χ2n) is 3.42. The first-order valence-corrected chi connectivity index (χ1v) is 7.84. The molecule has 1 saturated heterocycles. The molecule has 0 amide bonds. The second-order valence-corrected chi connectivity index (χ2v) is 6.85. The zero-order valence-electron chi connectivity index (χ0n) is 8.54. The van der Waals surface area contributed by atoms with Crippen LogP contribution in [0.5, 0.6) is 0 Å². The van der Waals surface area contributed by atoms with Crippen LogP contribution >= 0.6 is 22.9 Å². The fourth-order valence-electron chi connectivity index (χ4n) is 1.60. The number of aromatic nitrogens is 1. The van der Waals surface area contributed by atoms with Gasteiger partial charge in [-0.2, -0.15) is 4.31 Å². The van der Waals surface area contributed by atoms with Gasteiger partial charge < -0.3 is 4.90 Å². The van der Waals surface area contributed by atoms with Crippen LogP contribution in [0.25, 0.3) is 0 Å². The molecule has 1 fully saturated rings. The quantitative estimate of drug-likeness (QED) is 0.769. The van der Waals surface area contributed by atoms with E-state index in [1.807, 2.05) is 5.38 Å². The standard InChI is InChI=1S/C8H12ClN3O2S2/c9-7-16(13,14)12-4-2-11(3-5-12)8-10-1-6-15-8/h1,6H,2-5,7H2. The summed E-state index contributed by atoms with van der Waals surface area (Å²) in [7, 11) is -3.26. The van der Waals surface area contributed by atoms with Crippen LogP contribution < -0.4 is 4.90 Å². The Bertz CT molecular complexity index is 426. The Labute approximate surface area is 104 Å². The number of alkyl halides is 1. The van der Waals surface area contributed by atoms with E-state index < -0.39 is 10.0 Å².